The normalized spacial score (nSPS) is 14.2. The lowest BCUT2D eigenvalue weighted by molar-refractivity contribution is -0.274. The molecule has 1 heterocycles. The molecule has 8 nitrogen and oxygen atoms in total. The molecule has 0 spiro atoms. The molecular formula is C25H25F3N4O4. The first kappa shape index (κ1) is 25.1. The second-order valence-electron chi connectivity index (χ2n) is 8.66. The molecule has 1 atom stereocenters. The molecule has 2 aromatic carbocycles. The van der Waals surface area contributed by atoms with Gasteiger partial charge in [-0.05, 0) is 74.7 Å². The Kier molecular flexibility index (Phi) is 6.91. The lowest BCUT2D eigenvalue weighted by Gasteiger charge is -2.12. The van der Waals surface area contributed by atoms with E-state index in [-0.39, 0.29) is 29.3 Å². The number of aromatic hydroxyl groups is 1. The van der Waals surface area contributed by atoms with Crippen molar-refractivity contribution in [1.29, 1.82) is 0 Å². The average molecular weight is 502 g/mol. The van der Waals surface area contributed by atoms with E-state index in [2.05, 4.69) is 20.5 Å². The van der Waals surface area contributed by atoms with Crippen LogP contribution in [0.4, 0.5) is 23.7 Å². The molecule has 36 heavy (non-hydrogen) atoms. The molecule has 190 valence electrons. The molecule has 1 unspecified atom stereocenters. The largest absolute Gasteiger partial charge is 0.573 e. The number of ether oxygens (including phenoxy) is 1. The van der Waals surface area contributed by atoms with Crippen LogP contribution in [0.2, 0.25) is 0 Å². The summed E-state index contributed by atoms with van der Waals surface area (Å²) in [7, 11) is 0. The highest BCUT2D eigenvalue weighted by molar-refractivity contribution is 6.04. The minimum atomic E-state index is -4.83. The Morgan fingerprint density at radius 2 is 1.86 bits per heavy atom. The molecule has 0 saturated heterocycles. The number of hydrogen-bond acceptors (Lipinski definition) is 5. The molecule has 1 saturated carbocycles. The van der Waals surface area contributed by atoms with Gasteiger partial charge >= 0.3 is 12.4 Å². The average Bonchev–Trinajstić information content (AvgIpc) is 3.57. The zero-order valence-corrected chi connectivity index (χ0v) is 19.6. The van der Waals surface area contributed by atoms with E-state index in [9.17, 15) is 27.9 Å². The van der Waals surface area contributed by atoms with Crippen molar-refractivity contribution in [3.05, 3.63) is 59.8 Å². The van der Waals surface area contributed by atoms with Crippen LogP contribution in [0, 0.1) is 0 Å². The molecule has 1 fully saturated rings. The van der Waals surface area contributed by atoms with Crippen molar-refractivity contribution in [2.75, 3.05) is 5.32 Å². The minimum Gasteiger partial charge on any atom is -0.507 e. The van der Waals surface area contributed by atoms with Gasteiger partial charge in [0.15, 0.2) is 0 Å². The van der Waals surface area contributed by atoms with Gasteiger partial charge < -0.3 is 20.5 Å². The molecule has 11 heteroatoms. The van der Waals surface area contributed by atoms with Crippen molar-refractivity contribution < 1.29 is 32.6 Å². The van der Waals surface area contributed by atoms with Crippen molar-refractivity contribution in [3.63, 3.8) is 0 Å². The number of phenols is 1. The fourth-order valence-corrected chi connectivity index (χ4v) is 3.56. The van der Waals surface area contributed by atoms with E-state index in [0.717, 1.165) is 37.1 Å². The molecule has 0 radical (unpaired) electrons. The highest BCUT2D eigenvalue weighted by Gasteiger charge is 2.32. The number of nitrogens with one attached hydrogen (secondary N) is 2. The maximum absolute atomic E-state index is 12.8. The van der Waals surface area contributed by atoms with Gasteiger partial charge in [0.2, 0.25) is 0 Å². The smallest absolute Gasteiger partial charge is 0.507 e. The summed E-state index contributed by atoms with van der Waals surface area (Å²) in [5.74, 6) is -0.882. The summed E-state index contributed by atoms with van der Waals surface area (Å²) in [5.41, 5.74) is 1.88. The van der Waals surface area contributed by atoms with Crippen LogP contribution < -0.4 is 15.4 Å². The lowest BCUT2D eigenvalue weighted by Crippen LogP contribution is -2.36. The van der Waals surface area contributed by atoms with E-state index < -0.39 is 18.0 Å². The van der Waals surface area contributed by atoms with Gasteiger partial charge in [-0.1, -0.05) is 6.92 Å². The molecule has 0 bridgehead atoms. The number of aromatic nitrogens is 2. The van der Waals surface area contributed by atoms with Gasteiger partial charge in [-0.3, -0.25) is 4.79 Å². The zero-order chi connectivity index (χ0) is 26.0. The number of carbonyl (C=O) groups excluding carboxylic acids is 2. The van der Waals surface area contributed by atoms with Crippen molar-refractivity contribution in [1.82, 2.24) is 15.1 Å². The monoisotopic (exact) mass is 502 g/mol. The highest BCUT2D eigenvalue weighted by atomic mass is 19.4. The number of carbonyl (C=O) groups is 2. The SMILES string of the molecule is CCC(C)NC(=O)n1nc(-c2cc(NC(=O)c3ccc(OC(F)(F)F)cc3)ccc2O)cc1C1CC1. The predicted octanol–water partition coefficient (Wildman–Crippen LogP) is 5.64. The summed E-state index contributed by atoms with van der Waals surface area (Å²) in [6.07, 6.45) is -2.18. The molecule has 2 amide bonds. The summed E-state index contributed by atoms with van der Waals surface area (Å²) in [4.78, 5) is 25.4. The van der Waals surface area contributed by atoms with Crippen molar-refractivity contribution in [2.24, 2.45) is 0 Å². The summed E-state index contributed by atoms with van der Waals surface area (Å²) in [6, 6.07) is 10.3. The molecule has 1 aromatic heterocycles. The Morgan fingerprint density at radius 3 is 2.47 bits per heavy atom. The number of anilines is 1. The van der Waals surface area contributed by atoms with Crippen molar-refractivity contribution in [2.45, 2.75) is 51.4 Å². The second kappa shape index (κ2) is 9.92. The Bertz CT molecular complexity index is 1270. The molecular weight excluding hydrogens is 477 g/mol. The first-order valence-corrected chi connectivity index (χ1v) is 11.5. The van der Waals surface area contributed by atoms with Crippen LogP contribution in [-0.4, -0.2) is 39.2 Å². The van der Waals surface area contributed by atoms with Gasteiger partial charge in [-0.25, -0.2) is 4.79 Å². The van der Waals surface area contributed by atoms with Crippen LogP contribution in [-0.2, 0) is 0 Å². The maximum atomic E-state index is 12.8. The standard InChI is InChI=1S/C25H25F3N4O4/c1-3-14(2)29-24(35)32-21(15-4-5-15)13-20(31-32)19-12-17(8-11-22(19)33)30-23(34)16-6-9-18(10-7-16)36-25(26,27)28/h6-15,33H,3-5H2,1-2H3,(H,29,35)(H,30,34). The molecule has 1 aliphatic carbocycles. The number of amides is 2. The van der Waals surface area contributed by atoms with E-state index in [1.807, 2.05) is 13.8 Å². The minimum absolute atomic E-state index is 0.0294. The topological polar surface area (TPSA) is 105 Å². The predicted molar refractivity (Wildman–Crippen MR) is 126 cm³/mol. The lowest BCUT2D eigenvalue weighted by atomic mass is 10.1. The maximum Gasteiger partial charge on any atom is 0.573 e. The number of nitrogens with zero attached hydrogens (tertiary/aromatic N) is 2. The fourth-order valence-electron chi connectivity index (χ4n) is 3.56. The van der Waals surface area contributed by atoms with Gasteiger partial charge in [-0.15, -0.1) is 13.2 Å². The number of phenolic OH excluding ortho intramolecular Hbond substituents is 1. The molecule has 0 aliphatic heterocycles. The quantitative estimate of drug-likeness (QED) is 0.363. The zero-order valence-electron chi connectivity index (χ0n) is 19.6. The molecule has 1 aliphatic rings. The first-order valence-electron chi connectivity index (χ1n) is 11.5. The van der Waals surface area contributed by atoms with Crippen LogP contribution in [0.3, 0.4) is 0 Å². The number of benzene rings is 2. The third kappa shape index (κ3) is 5.96. The summed E-state index contributed by atoms with van der Waals surface area (Å²) >= 11 is 0. The fraction of sp³-hybridized carbons (Fsp3) is 0.320. The number of rotatable bonds is 7. The second-order valence-corrected chi connectivity index (χ2v) is 8.66. The van der Waals surface area contributed by atoms with E-state index >= 15 is 0 Å². The van der Waals surface area contributed by atoms with Crippen LogP contribution in [0.15, 0.2) is 48.5 Å². The van der Waals surface area contributed by atoms with E-state index in [0.29, 0.717) is 16.9 Å². The van der Waals surface area contributed by atoms with Crippen LogP contribution >= 0.6 is 0 Å². The number of halogens is 3. The Labute approximate surface area is 205 Å². The summed E-state index contributed by atoms with van der Waals surface area (Å²) in [5, 5.41) is 20.4. The Morgan fingerprint density at radius 1 is 1.17 bits per heavy atom. The van der Waals surface area contributed by atoms with Crippen LogP contribution in [0.5, 0.6) is 11.5 Å². The van der Waals surface area contributed by atoms with E-state index in [1.165, 1.54) is 35.0 Å². The Hall–Kier alpha value is -4.02. The van der Waals surface area contributed by atoms with Gasteiger partial charge in [0.05, 0.1) is 11.4 Å². The Balaban J connectivity index is 1.55. The van der Waals surface area contributed by atoms with E-state index in [1.54, 1.807) is 6.07 Å². The van der Waals surface area contributed by atoms with Crippen molar-refractivity contribution in [3.8, 4) is 22.8 Å². The summed E-state index contributed by atoms with van der Waals surface area (Å²) in [6.45, 7) is 3.86. The van der Waals surface area contributed by atoms with Gasteiger partial charge in [-0.2, -0.15) is 9.78 Å². The number of hydrogen-bond donors (Lipinski definition) is 3. The molecule has 3 N–H and O–H groups in total. The van der Waals surface area contributed by atoms with Crippen LogP contribution in [0.25, 0.3) is 11.3 Å². The molecule has 3 aromatic rings. The van der Waals surface area contributed by atoms with Gasteiger partial charge in [0.1, 0.15) is 11.5 Å². The van der Waals surface area contributed by atoms with Crippen LogP contribution in [0.1, 0.15) is 55.1 Å². The number of alkyl halides is 3. The third-order valence-electron chi connectivity index (χ3n) is 5.79. The summed E-state index contributed by atoms with van der Waals surface area (Å²) < 4.78 is 42.2. The van der Waals surface area contributed by atoms with Gasteiger partial charge in [0.25, 0.3) is 5.91 Å². The third-order valence-corrected chi connectivity index (χ3v) is 5.79. The molecule has 4 rings (SSSR count). The van der Waals surface area contributed by atoms with Crippen molar-refractivity contribution >= 4 is 17.6 Å². The highest BCUT2D eigenvalue weighted by Crippen LogP contribution is 2.42. The van der Waals surface area contributed by atoms with Gasteiger partial charge in [0, 0.05) is 28.8 Å². The first-order chi connectivity index (χ1) is 17.0. The van der Waals surface area contributed by atoms with E-state index in [4.69, 9.17) is 0 Å².